The summed E-state index contributed by atoms with van der Waals surface area (Å²) in [5.74, 6) is 1.21. The van der Waals surface area contributed by atoms with E-state index in [0.29, 0.717) is 17.6 Å². The van der Waals surface area contributed by atoms with Gasteiger partial charge in [0.05, 0.1) is 13.7 Å². The van der Waals surface area contributed by atoms with Crippen LogP contribution >= 0.6 is 11.8 Å². The van der Waals surface area contributed by atoms with E-state index < -0.39 is 5.25 Å². The van der Waals surface area contributed by atoms with Gasteiger partial charge in [-0.2, -0.15) is 0 Å². The van der Waals surface area contributed by atoms with E-state index in [4.69, 9.17) is 9.47 Å². The summed E-state index contributed by atoms with van der Waals surface area (Å²) in [4.78, 5) is 12.1. The highest BCUT2D eigenvalue weighted by atomic mass is 32.2. The van der Waals surface area contributed by atoms with Crippen LogP contribution in [0.3, 0.4) is 0 Å². The molecule has 0 aliphatic rings. The third kappa shape index (κ3) is 4.36. The Labute approximate surface area is 168 Å². The molecule has 1 atom stereocenters. The monoisotopic (exact) mass is 397 g/mol. The Morgan fingerprint density at radius 3 is 2.39 bits per heavy atom. The van der Waals surface area contributed by atoms with E-state index in [0.717, 1.165) is 22.6 Å². The molecular formula is C21H23N3O3S. The number of thioether (sulfide) groups is 1. The Morgan fingerprint density at radius 1 is 1.11 bits per heavy atom. The lowest BCUT2D eigenvalue weighted by molar-refractivity contribution is -0.142. The molecule has 1 heterocycles. The molecule has 0 amide bonds. The third-order valence-corrected chi connectivity index (χ3v) is 5.20. The van der Waals surface area contributed by atoms with E-state index in [9.17, 15) is 4.79 Å². The third-order valence-electron chi connectivity index (χ3n) is 4.17. The summed E-state index contributed by atoms with van der Waals surface area (Å²) in [5.41, 5.74) is 3.00. The molecule has 0 N–H and O–H groups in total. The lowest BCUT2D eigenvalue weighted by Gasteiger charge is -2.13. The quantitative estimate of drug-likeness (QED) is 0.438. The molecule has 0 aliphatic carbocycles. The van der Waals surface area contributed by atoms with Crippen LogP contribution in [0.1, 0.15) is 19.4 Å². The number of hydrogen-bond donors (Lipinski definition) is 0. The number of esters is 1. The number of methoxy groups -OCH3 is 1. The molecule has 3 aromatic rings. The van der Waals surface area contributed by atoms with Crippen LogP contribution in [-0.4, -0.2) is 39.7 Å². The fraction of sp³-hybridized carbons (Fsp3) is 0.286. The number of rotatable bonds is 7. The maximum absolute atomic E-state index is 12.1. The largest absolute Gasteiger partial charge is 0.497 e. The van der Waals surface area contributed by atoms with Crippen molar-refractivity contribution >= 4 is 17.7 Å². The smallest absolute Gasteiger partial charge is 0.319 e. The average molecular weight is 398 g/mol. The normalized spacial score (nSPS) is 11.9. The van der Waals surface area contributed by atoms with Crippen molar-refractivity contribution in [3.05, 3.63) is 54.1 Å². The minimum Gasteiger partial charge on any atom is -0.497 e. The SMILES string of the molecule is CCOC(=O)C(C)Sc1nnc(-c2ccc(OC)cc2)n1-c1ccc(C)cc1. The molecule has 0 radical (unpaired) electrons. The molecule has 146 valence electrons. The number of carbonyl (C=O) groups is 1. The zero-order valence-electron chi connectivity index (χ0n) is 16.4. The summed E-state index contributed by atoms with van der Waals surface area (Å²) in [6.07, 6.45) is 0. The Balaban J connectivity index is 2.03. The Bertz CT molecular complexity index is 937. The van der Waals surface area contributed by atoms with Crippen molar-refractivity contribution in [2.45, 2.75) is 31.2 Å². The molecule has 0 saturated carbocycles. The molecule has 6 nitrogen and oxygen atoms in total. The van der Waals surface area contributed by atoms with Crippen LogP contribution in [0.25, 0.3) is 17.1 Å². The molecular weight excluding hydrogens is 374 g/mol. The van der Waals surface area contributed by atoms with Gasteiger partial charge in [0.15, 0.2) is 11.0 Å². The second-order valence-electron chi connectivity index (χ2n) is 6.22. The lowest BCUT2D eigenvalue weighted by atomic mass is 10.2. The van der Waals surface area contributed by atoms with Crippen LogP contribution in [0.2, 0.25) is 0 Å². The van der Waals surface area contributed by atoms with Crippen molar-refractivity contribution in [2.75, 3.05) is 13.7 Å². The number of carbonyl (C=O) groups excluding carboxylic acids is 1. The highest BCUT2D eigenvalue weighted by Gasteiger charge is 2.22. The number of hydrogen-bond acceptors (Lipinski definition) is 6. The summed E-state index contributed by atoms with van der Waals surface area (Å²) >= 11 is 1.33. The second-order valence-corrected chi connectivity index (χ2v) is 7.53. The van der Waals surface area contributed by atoms with Crippen molar-refractivity contribution in [1.82, 2.24) is 14.8 Å². The molecule has 0 aliphatic heterocycles. The Hall–Kier alpha value is -2.80. The zero-order valence-corrected chi connectivity index (χ0v) is 17.2. The van der Waals surface area contributed by atoms with Crippen molar-refractivity contribution < 1.29 is 14.3 Å². The first-order valence-corrected chi connectivity index (χ1v) is 9.91. The van der Waals surface area contributed by atoms with Crippen molar-refractivity contribution in [2.24, 2.45) is 0 Å². The van der Waals surface area contributed by atoms with Gasteiger partial charge in [-0.05, 0) is 57.2 Å². The first-order chi connectivity index (χ1) is 13.5. The molecule has 1 unspecified atom stereocenters. The molecule has 3 rings (SSSR count). The van der Waals surface area contributed by atoms with E-state index in [-0.39, 0.29) is 5.97 Å². The van der Waals surface area contributed by atoms with E-state index >= 15 is 0 Å². The molecule has 0 saturated heterocycles. The summed E-state index contributed by atoms with van der Waals surface area (Å²) in [5, 5.41) is 8.99. The molecule has 1 aromatic heterocycles. The fourth-order valence-corrected chi connectivity index (χ4v) is 3.53. The van der Waals surface area contributed by atoms with Gasteiger partial charge in [0.2, 0.25) is 0 Å². The molecule has 28 heavy (non-hydrogen) atoms. The first kappa shape index (κ1) is 19.9. The van der Waals surface area contributed by atoms with E-state index in [1.54, 1.807) is 14.0 Å². The predicted molar refractivity (Wildman–Crippen MR) is 110 cm³/mol. The standard InChI is InChI=1S/C21H23N3O3S/c1-5-27-20(25)15(3)28-21-23-22-19(16-8-12-18(26-4)13-9-16)24(21)17-10-6-14(2)7-11-17/h6-13,15H,5H2,1-4H3. The van der Waals surface area contributed by atoms with Crippen LogP contribution in [-0.2, 0) is 9.53 Å². The van der Waals surface area contributed by atoms with Gasteiger partial charge in [-0.3, -0.25) is 9.36 Å². The predicted octanol–water partition coefficient (Wildman–Crippen LogP) is 4.30. The van der Waals surface area contributed by atoms with Gasteiger partial charge in [-0.15, -0.1) is 10.2 Å². The number of ether oxygens (including phenoxy) is 2. The van der Waals surface area contributed by atoms with Crippen LogP contribution in [0.5, 0.6) is 5.75 Å². The number of aromatic nitrogens is 3. The van der Waals surface area contributed by atoms with Gasteiger partial charge in [0.1, 0.15) is 11.0 Å². The van der Waals surface area contributed by atoms with Crippen LogP contribution in [0, 0.1) is 6.92 Å². The maximum Gasteiger partial charge on any atom is 0.319 e. The van der Waals surface area contributed by atoms with Gasteiger partial charge in [-0.1, -0.05) is 29.5 Å². The van der Waals surface area contributed by atoms with Gasteiger partial charge < -0.3 is 9.47 Å². The lowest BCUT2D eigenvalue weighted by Crippen LogP contribution is -2.17. The summed E-state index contributed by atoms with van der Waals surface area (Å²) in [6, 6.07) is 15.8. The molecule has 0 spiro atoms. The second kappa shape index (κ2) is 8.93. The topological polar surface area (TPSA) is 66.2 Å². The van der Waals surface area contributed by atoms with E-state index in [1.807, 2.05) is 66.9 Å². The van der Waals surface area contributed by atoms with Gasteiger partial charge in [0.25, 0.3) is 0 Å². The zero-order chi connectivity index (χ0) is 20.1. The van der Waals surface area contributed by atoms with Crippen LogP contribution < -0.4 is 4.74 Å². The van der Waals surface area contributed by atoms with Crippen molar-refractivity contribution in [1.29, 1.82) is 0 Å². The molecule has 2 aromatic carbocycles. The van der Waals surface area contributed by atoms with Crippen LogP contribution in [0.4, 0.5) is 0 Å². The fourth-order valence-electron chi connectivity index (χ4n) is 2.67. The van der Waals surface area contributed by atoms with Crippen molar-refractivity contribution in [3.63, 3.8) is 0 Å². The molecule has 0 bridgehead atoms. The molecule has 0 fully saturated rings. The number of aryl methyl sites for hydroxylation is 1. The van der Waals surface area contributed by atoms with E-state index in [2.05, 4.69) is 10.2 Å². The van der Waals surface area contributed by atoms with Crippen molar-refractivity contribution in [3.8, 4) is 22.8 Å². The molecule has 7 heteroatoms. The average Bonchev–Trinajstić information content (AvgIpc) is 3.12. The minimum atomic E-state index is -0.392. The van der Waals surface area contributed by atoms with Gasteiger partial charge in [0, 0.05) is 11.3 Å². The van der Waals surface area contributed by atoms with Gasteiger partial charge in [-0.25, -0.2) is 0 Å². The maximum atomic E-state index is 12.1. The number of nitrogens with zero attached hydrogens (tertiary/aromatic N) is 3. The van der Waals surface area contributed by atoms with Crippen LogP contribution in [0.15, 0.2) is 53.7 Å². The van der Waals surface area contributed by atoms with Gasteiger partial charge >= 0.3 is 5.97 Å². The Kier molecular flexibility index (Phi) is 6.36. The number of benzene rings is 2. The Morgan fingerprint density at radius 2 is 1.79 bits per heavy atom. The highest BCUT2D eigenvalue weighted by Crippen LogP contribution is 2.31. The van der Waals surface area contributed by atoms with E-state index in [1.165, 1.54) is 11.8 Å². The summed E-state index contributed by atoms with van der Waals surface area (Å²) in [6.45, 7) is 6.00. The minimum absolute atomic E-state index is 0.267. The first-order valence-electron chi connectivity index (χ1n) is 9.03. The summed E-state index contributed by atoms with van der Waals surface area (Å²) < 4.78 is 12.3. The highest BCUT2D eigenvalue weighted by molar-refractivity contribution is 8.00. The summed E-state index contributed by atoms with van der Waals surface area (Å²) in [7, 11) is 1.63.